The van der Waals surface area contributed by atoms with Crippen LogP contribution < -0.4 is 5.32 Å². The lowest BCUT2D eigenvalue weighted by Crippen LogP contribution is -2.49. The maximum atomic E-state index is 13.3. The predicted molar refractivity (Wildman–Crippen MR) is 85.8 cm³/mol. The molecule has 0 bridgehead atoms. The third kappa shape index (κ3) is 3.58. The highest BCUT2D eigenvalue weighted by molar-refractivity contribution is 5.96. The molecular weight excluding hydrogens is 317 g/mol. The number of halogens is 3. The third-order valence-electron chi connectivity index (χ3n) is 5.09. The summed E-state index contributed by atoms with van der Waals surface area (Å²) >= 11 is 0. The fourth-order valence-corrected chi connectivity index (χ4v) is 3.92. The van der Waals surface area contributed by atoms with Crippen LogP contribution in [0.3, 0.4) is 0 Å². The van der Waals surface area contributed by atoms with Gasteiger partial charge in [0.1, 0.15) is 0 Å². The maximum absolute atomic E-state index is 13.3. The predicted octanol–water partition coefficient (Wildman–Crippen LogP) is 3.84. The highest BCUT2D eigenvalue weighted by atomic mass is 19.4. The Kier molecular flexibility index (Phi) is 5.13. The van der Waals surface area contributed by atoms with Crippen molar-refractivity contribution in [2.45, 2.75) is 56.8 Å². The summed E-state index contributed by atoms with van der Waals surface area (Å²) in [6.07, 6.45) is 1.27. The van der Waals surface area contributed by atoms with Gasteiger partial charge < -0.3 is 10.2 Å². The molecule has 1 aliphatic heterocycles. The smallest absolute Gasteiger partial charge is 0.331 e. The van der Waals surface area contributed by atoms with E-state index in [1.807, 2.05) is 0 Å². The molecular formula is C18H23F3N2O. The standard InChI is InChI=1S/C18H23F3N2O/c19-18(20,21)16-9-5-4-8-15(16)17(24)23(14-10-11-22-12-14)13-6-2-1-3-7-13/h4-5,8-9,13-14,22H,1-3,6-7,10-12H2. The lowest BCUT2D eigenvalue weighted by Gasteiger charge is -2.39. The van der Waals surface area contributed by atoms with Crippen LogP contribution in [0, 0.1) is 0 Å². The Bertz CT molecular complexity index is 576. The van der Waals surface area contributed by atoms with E-state index in [1.165, 1.54) is 18.2 Å². The van der Waals surface area contributed by atoms with E-state index < -0.39 is 17.6 Å². The van der Waals surface area contributed by atoms with Crippen LogP contribution in [0.5, 0.6) is 0 Å². The molecule has 6 heteroatoms. The van der Waals surface area contributed by atoms with Crippen molar-refractivity contribution >= 4 is 5.91 Å². The topological polar surface area (TPSA) is 32.3 Å². The van der Waals surface area contributed by atoms with Crippen LogP contribution in [0.1, 0.15) is 54.4 Å². The van der Waals surface area contributed by atoms with E-state index >= 15 is 0 Å². The lowest BCUT2D eigenvalue weighted by atomic mass is 9.91. The molecule has 0 radical (unpaired) electrons. The highest BCUT2D eigenvalue weighted by Crippen LogP contribution is 2.34. The van der Waals surface area contributed by atoms with Gasteiger partial charge in [0.25, 0.3) is 5.91 Å². The van der Waals surface area contributed by atoms with Crippen molar-refractivity contribution in [3.05, 3.63) is 35.4 Å². The van der Waals surface area contributed by atoms with Crippen LogP contribution >= 0.6 is 0 Å². The van der Waals surface area contributed by atoms with Gasteiger partial charge in [-0.15, -0.1) is 0 Å². The normalized spacial score (nSPS) is 22.5. The molecule has 0 aromatic heterocycles. The van der Waals surface area contributed by atoms with Crippen molar-refractivity contribution in [2.24, 2.45) is 0 Å². The van der Waals surface area contributed by atoms with Crippen molar-refractivity contribution in [3.8, 4) is 0 Å². The fourth-order valence-electron chi connectivity index (χ4n) is 3.92. The molecule has 1 aliphatic carbocycles. The van der Waals surface area contributed by atoms with Gasteiger partial charge in [-0.1, -0.05) is 31.4 Å². The Labute approximate surface area is 140 Å². The number of hydrogen-bond donors (Lipinski definition) is 1. The van der Waals surface area contributed by atoms with E-state index in [0.29, 0.717) is 6.54 Å². The molecule has 132 valence electrons. The summed E-state index contributed by atoms with van der Waals surface area (Å²) < 4.78 is 39.9. The molecule has 1 amide bonds. The van der Waals surface area contributed by atoms with E-state index in [1.54, 1.807) is 4.90 Å². The Morgan fingerprint density at radius 1 is 1.04 bits per heavy atom. The SMILES string of the molecule is O=C(c1ccccc1C(F)(F)F)N(C1CCCCC1)C1CCNC1. The Morgan fingerprint density at radius 2 is 1.75 bits per heavy atom. The van der Waals surface area contributed by atoms with Gasteiger partial charge >= 0.3 is 6.18 Å². The molecule has 0 spiro atoms. The first-order valence-corrected chi connectivity index (χ1v) is 8.68. The fraction of sp³-hybridized carbons (Fsp3) is 0.611. The number of nitrogens with one attached hydrogen (secondary N) is 1. The Hall–Kier alpha value is -1.56. The number of nitrogens with zero attached hydrogens (tertiary/aromatic N) is 1. The Balaban J connectivity index is 1.94. The van der Waals surface area contributed by atoms with Crippen LogP contribution in [-0.2, 0) is 6.18 Å². The number of carbonyl (C=O) groups is 1. The average Bonchev–Trinajstić information content (AvgIpc) is 3.09. The number of rotatable bonds is 3. The molecule has 1 aromatic carbocycles. The van der Waals surface area contributed by atoms with Gasteiger partial charge in [-0.3, -0.25) is 4.79 Å². The highest BCUT2D eigenvalue weighted by Gasteiger charge is 2.39. The van der Waals surface area contributed by atoms with Crippen LogP contribution in [0.4, 0.5) is 13.2 Å². The summed E-state index contributed by atoms with van der Waals surface area (Å²) in [5.41, 5.74) is -1.05. The molecule has 1 N–H and O–H groups in total. The molecule has 1 atom stereocenters. The first kappa shape index (κ1) is 17.3. The number of hydrogen-bond acceptors (Lipinski definition) is 2. The molecule has 2 fully saturated rings. The zero-order valence-corrected chi connectivity index (χ0v) is 13.6. The van der Waals surface area contributed by atoms with Crippen molar-refractivity contribution in [1.82, 2.24) is 10.2 Å². The van der Waals surface area contributed by atoms with Gasteiger partial charge in [0.15, 0.2) is 0 Å². The van der Waals surface area contributed by atoms with E-state index in [-0.39, 0.29) is 17.6 Å². The molecule has 1 aromatic rings. The number of amides is 1. The van der Waals surface area contributed by atoms with Gasteiger partial charge in [0, 0.05) is 18.6 Å². The minimum absolute atomic E-state index is 0.0121. The summed E-state index contributed by atoms with van der Waals surface area (Å²) in [6, 6.07) is 5.19. The van der Waals surface area contributed by atoms with Crippen molar-refractivity contribution in [1.29, 1.82) is 0 Å². The van der Waals surface area contributed by atoms with Gasteiger partial charge in [0.2, 0.25) is 0 Å². The summed E-state index contributed by atoms with van der Waals surface area (Å²) in [7, 11) is 0. The zero-order chi connectivity index (χ0) is 17.2. The molecule has 24 heavy (non-hydrogen) atoms. The monoisotopic (exact) mass is 340 g/mol. The number of carbonyl (C=O) groups excluding carboxylic acids is 1. The minimum Gasteiger partial charge on any atom is -0.331 e. The van der Waals surface area contributed by atoms with E-state index in [0.717, 1.165) is 51.1 Å². The average molecular weight is 340 g/mol. The molecule has 1 saturated carbocycles. The maximum Gasteiger partial charge on any atom is 0.417 e. The zero-order valence-electron chi connectivity index (χ0n) is 13.6. The van der Waals surface area contributed by atoms with Crippen LogP contribution in [0.2, 0.25) is 0 Å². The third-order valence-corrected chi connectivity index (χ3v) is 5.09. The van der Waals surface area contributed by atoms with Crippen molar-refractivity contribution in [3.63, 3.8) is 0 Å². The first-order chi connectivity index (χ1) is 11.5. The summed E-state index contributed by atoms with van der Waals surface area (Å²) in [6.45, 7) is 1.47. The summed E-state index contributed by atoms with van der Waals surface area (Å²) in [5, 5.41) is 3.23. The van der Waals surface area contributed by atoms with E-state index in [2.05, 4.69) is 5.32 Å². The quantitative estimate of drug-likeness (QED) is 0.907. The lowest BCUT2D eigenvalue weighted by molar-refractivity contribution is -0.138. The molecule has 2 aliphatic rings. The summed E-state index contributed by atoms with van der Waals surface area (Å²) in [5.74, 6) is -0.469. The number of alkyl halides is 3. The molecule has 1 unspecified atom stereocenters. The molecule has 3 rings (SSSR count). The van der Waals surface area contributed by atoms with Crippen molar-refractivity contribution in [2.75, 3.05) is 13.1 Å². The molecule has 1 saturated heterocycles. The Morgan fingerprint density at radius 3 is 2.38 bits per heavy atom. The van der Waals surface area contributed by atoms with Crippen LogP contribution in [0.15, 0.2) is 24.3 Å². The largest absolute Gasteiger partial charge is 0.417 e. The minimum atomic E-state index is -4.52. The van der Waals surface area contributed by atoms with Gasteiger partial charge in [-0.25, -0.2) is 0 Å². The molecule has 3 nitrogen and oxygen atoms in total. The summed E-state index contributed by atoms with van der Waals surface area (Å²) in [4.78, 5) is 14.9. The van der Waals surface area contributed by atoms with Crippen LogP contribution in [0.25, 0.3) is 0 Å². The van der Waals surface area contributed by atoms with E-state index in [9.17, 15) is 18.0 Å². The van der Waals surface area contributed by atoms with Crippen LogP contribution in [-0.4, -0.2) is 36.0 Å². The second-order valence-electron chi connectivity index (χ2n) is 6.69. The van der Waals surface area contributed by atoms with Gasteiger partial charge in [-0.05, 0) is 37.9 Å². The van der Waals surface area contributed by atoms with Crippen molar-refractivity contribution < 1.29 is 18.0 Å². The second-order valence-corrected chi connectivity index (χ2v) is 6.69. The molecule has 1 heterocycles. The van der Waals surface area contributed by atoms with Gasteiger partial charge in [0.05, 0.1) is 11.1 Å². The van der Waals surface area contributed by atoms with E-state index in [4.69, 9.17) is 0 Å². The second kappa shape index (κ2) is 7.13. The first-order valence-electron chi connectivity index (χ1n) is 8.68. The number of benzene rings is 1. The van der Waals surface area contributed by atoms with Gasteiger partial charge in [-0.2, -0.15) is 13.2 Å².